The van der Waals surface area contributed by atoms with Crippen molar-refractivity contribution in [2.24, 2.45) is 0 Å². The van der Waals surface area contributed by atoms with Gasteiger partial charge in [0.2, 0.25) is 11.8 Å². The van der Waals surface area contributed by atoms with Crippen molar-refractivity contribution in [3.05, 3.63) is 139 Å². The minimum atomic E-state index is 0.0461. The number of benzene rings is 4. The van der Waals surface area contributed by atoms with E-state index in [9.17, 15) is 0 Å². The van der Waals surface area contributed by atoms with Gasteiger partial charge in [0.1, 0.15) is 0 Å². The van der Waals surface area contributed by atoms with Crippen LogP contribution in [-0.2, 0) is 0 Å². The Labute approximate surface area is 215 Å². The summed E-state index contributed by atoms with van der Waals surface area (Å²) in [6.07, 6.45) is 7.40. The van der Waals surface area contributed by atoms with Gasteiger partial charge < -0.3 is 14.2 Å². The fourth-order valence-corrected chi connectivity index (χ4v) is 5.12. The Morgan fingerprint density at radius 2 is 1.19 bits per heavy atom. The van der Waals surface area contributed by atoms with E-state index in [-0.39, 0.29) is 5.92 Å². The number of anilines is 5. The number of rotatable bonds is 4. The van der Waals surface area contributed by atoms with Gasteiger partial charge in [0.05, 0.1) is 28.7 Å². The molecule has 1 atom stereocenters. The van der Waals surface area contributed by atoms with Crippen molar-refractivity contribution in [2.75, 3.05) is 9.80 Å². The molecule has 2 aliphatic rings. The molecule has 0 spiro atoms. The van der Waals surface area contributed by atoms with Gasteiger partial charge in [0.15, 0.2) is 0 Å². The van der Waals surface area contributed by atoms with Crippen molar-refractivity contribution in [1.82, 2.24) is 10.2 Å². The van der Waals surface area contributed by atoms with Crippen molar-refractivity contribution >= 4 is 28.4 Å². The highest BCUT2D eigenvalue weighted by Gasteiger charge is 2.31. The predicted octanol–water partition coefficient (Wildman–Crippen LogP) is 8.29. The molecule has 0 N–H and O–H groups in total. The monoisotopic (exact) mass is 480 g/mol. The third kappa shape index (κ3) is 3.72. The number of fused-ring (bicyclic) bond motifs is 2. The van der Waals surface area contributed by atoms with Gasteiger partial charge in [-0.1, -0.05) is 72.8 Å². The van der Waals surface area contributed by atoms with Crippen LogP contribution in [0.15, 0.2) is 138 Å². The molecule has 0 saturated carbocycles. The molecule has 1 unspecified atom stereocenters. The summed E-state index contributed by atoms with van der Waals surface area (Å²) in [7, 11) is 0. The molecule has 5 aromatic rings. The van der Waals surface area contributed by atoms with Gasteiger partial charge in [-0.05, 0) is 61.0 Å². The molecule has 178 valence electrons. The zero-order valence-corrected chi connectivity index (χ0v) is 20.1. The summed E-state index contributed by atoms with van der Waals surface area (Å²) in [5.41, 5.74) is 7.78. The van der Waals surface area contributed by atoms with Crippen molar-refractivity contribution in [3.8, 4) is 11.5 Å². The second-order valence-electron chi connectivity index (χ2n) is 9.13. The molecule has 37 heavy (non-hydrogen) atoms. The largest absolute Gasteiger partial charge is 0.420 e. The second-order valence-corrected chi connectivity index (χ2v) is 9.13. The van der Waals surface area contributed by atoms with Gasteiger partial charge in [0.25, 0.3) is 0 Å². The summed E-state index contributed by atoms with van der Waals surface area (Å²) in [5, 5.41) is 8.63. The molecule has 2 heterocycles. The number of nitrogens with zero attached hydrogens (tertiary/aromatic N) is 4. The van der Waals surface area contributed by atoms with E-state index in [1.165, 1.54) is 0 Å². The maximum Gasteiger partial charge on any atom is 0.247 e. The van der Waals surface area contributed by atoms with Gasteiger partial charge in [-0.15, -0.1) is 10.2 Å². The maximum atomic E-state index is 6.04. The van der Waals surface area contributed by atoms with E-state index in [0.717, 1.165) is 46.1 Å². The van der Waals surface area contributed by atoms with Crippen LogP contribution in [0.4, 0.5) is 28.4 Å². The topological polar surface area (TPSA) is 45.4 Å². The van der Waals surface area contributed by atoms with E-state index in [2.05, 4.69) is 117 Å². The van der Waals surface area contributed by atoms with Crippen LogP contribution in [-0.4, -0.2) is 10.2 Å². The Morgan fingerprint density at radius 3 is 1.78 bits per heavy atom. The highest BCUT2D eigenvalue weighted by Crippen LogP contribution is 2.53. The molecular weight excluding hydrogens is 456 g/mol. The highest BCUT2D eigenvalue weighted by molar-refractivity contribution is 5.99. The van der Waals surface area contributed by atoms with E-state index >= 15 is 0 Å². The van der Waals surface area contributed by atoms with Crippen molar-refractivity contribution in [3.63, 3.8) is 0 Å². The Hall–Kier alpha value is -4.90. The quantitative estimate of drug-likeness (QED) is 0.259. The normalized spacial score (nSPS) is 16.2. The van der Waals surface area contributed by atoms with Gasteiger partial charge in [-0.25, -0.2) is 0 Å². The van der Waals surface area contributed by atoms with Crippen LogP contribution >= 0.6 is 0 Å². The lowest BCUT2D eigenvalue weighted by Crippen LogP contribution is -2.26. The smallest absolute Gasteiger partial charge is 0.247 e. The number of allylic oxidation sites excluding steroid dienone is 3. The summed E-state index contributed by atoms with van der Waals surface area (Å²) in [5.74, 6) is 1.24. The Balaban J connectivity index is 1.24. The van der Waals surface area contributed by atoms with E-state index < -0.39 is 0 Å². The summed E-state index contributed by atoms with van der Waals surface area (Å²) in [6, 6.07) is 37.6. The molecule has 1 aliphatic heterocycles. The van der Waals surface area contributed by atoms with E-state index in [0.29, 0.717) is 11.8 Å². The Bertz CT molecular complexity index is 1570. The third-order valence-electron chi connectivity index (χ3n) is 6.86. The Morgan fingerprint density at radius 1 is 0.622 bits per heavy atom. The fourth-order valence-electron chi connectivity index (χ4n) is 5.12. The zero-order valence-electron chi connectivity index (χ0n) is 20.1. The van der Waals surface area contributed by atoms with E-state index in [1.54, 1.807) is 0 Å². The van der Waals surface area contributed by atoms with Crippen LogP contribution in [0, 0.1) is 0 Å². The van der Waals surface area contributed by atoms with Crippen molar-refractivity contribution in [1.29, 1.82) is 0 Å². The molecule has 7 rings (SSSR count). The highest BCUT2D eigenvalue weighted by atomic mass is 16.4. The lowest BCUT2D eigenvalue weighted by molar-refractivity contribution is 0.483. The standard InChI is InChI=1S/C32H24N4O/c1-3-11-23(12-4-1)31-33-34-32(37-31)24-19-21-26(22-20-24)36-29-17-9-7-15-27(29)35(25-13-5-2-6-14-25)28-16-8-10-18-30(28)36/h1-19,21-22,24H,20H2. The number of hydrogen-bond donors (Lipinski definition) is 0. The minimum absolute atomic E-state index is 0.0461. The average molecular weight is 481 g/mol. The van der Waals surface area contributed by atoms with Crippen LogP contribution in [0.2, 0.25) is 0 Å². The molecule has 0 amide bonds. The fraction of sp³-hybridized carbons (Fsp3) is 0.0625. The van der Waals surface area contributed by atoms with E-state index in [4.69, 9.17) is 4.42 Å². The second kappa shape index (κ2) is 8.95. The summed E-state index contributed by atoms with van der Waals surface area (Å²) >= 11 is 0. The van der Waals surface area contributed by atoms with Gasteiger partial charge in [-0.2, -0.15) is 0 Å². The number of aromatic nitrogens is 2. The van der Waals surface area contributed by atoms with Crippen LogP contribution in [0.25, 0.3) is 11.5 Å². The molecule has 0 radical (unpaired) electrons. The van der Waals surface area contributed by atoms with Crippen LogP contribution in [0.5, 0.6) is 0 Å². The summed E-state index contributed by atoms with van der Waals surface area (Å²) in [4.78, 5) is 4.68. The van der Waals surface area contributed by atoms with Crippen LogP contribution in [0.1, 0.15) is 18.2 Å². The maximum absolute atomic E-state index is 6.04. The lowest BCUT2D eigenvalue weighted by atomic mass is 9.97. The average Bonchev–Trinajstić information content (AvgIpc) is 3.47. The molecule has 1 aliphatic carbocycles. The first-order chi connectivity index (χ1) is 18.4. The van der Waals surface area contributed by atoms with Crippen molar-refractivity contribution < 1.29 is 4.42 Å². The zero-order chi connectivity index (χ0) is 24.6. The molecule has 5 nitrogen and oxygen atoms in total. The molecule has 0 bridgehead atoms. The number of para-hydroxylation sites is 5. The first-order valence-electron chi connectivity index (χ1n) is 12.5. The first kappa shape index (κ1) is 21.4. The summed E-state index contributed by atoms with van der Waals surface area (Å²) < 4.78 is 6.04. The third-order valence-corrected chi connectivity index (χ3v) is 6.86. The van der Waals surface area contributed by atoms with Gasteiger partial charge >= 0.3 is 0 Å². The minimum Gasteiger partial charge on any atom is -0.420 e. The molecule has 4 aromatic carbocycles. The number of hydrogen-bond acceptors (Lipinski definition) is 5. The molecular formula is C32H24N4O. The SMILES string of the molecule is C1=CC(c2nnc(-c3ccccc3)o2)CC=C1N1c2ccccc2N(c2ccccc2)c2ccccc21. The molecule has 5 heteroatoms. The van der Waals surface area contributed by atoms with Crippen LogP contribution < -0.4 is 9.80 Å². The lowest BCUT2D eigenvalue weighted by Gasteiger charge is -2.41. The molecule has 1 aromatic heterocycles. The molecule has 0 saturated heterocycles. The predicted molar refractivity (Wildman–Crippen MR) is 148 cm³/mol. The van der Waals surface area contributed by atoms with Gasteiger partial charge in [-0.3, -0.25) is 0 Å². The molecule has 0 fully saturated rings. The van der Waals surface area contributed by atoms with E-state index in [1.807, 2.05) is 30.3 Å². The first-order valence-corrected chi connectivity index (χ1v) is 12.5. The summed E-state index contributed by atoms with van der Waals surface area (Å²) in [6.45, 7) is 0. The Kier molecular flexibility index (Phi) is 5.18. The van der Waals surface area contributed by atoms with Crippen LogP contribution in [0.3, 0.4) is 0 Å². The van der Waals surface area contributed by atoms with Gasteiger partial charge in [0, 0.05) is 16.9 Å². The van der Waals surface area contributed by atoms with Crippen molar-refractivity contribution in [2.45, 2.75) is 12.3 Å².